The molecular weight excluding hydrogens is 430 g/mol. The Morgan fingerprint density at radius 1 is 1.12 bits per heavy atom. The number of nitrogens with zero attached hydrogens (tertiary/aromatic N) is 4. The first-order valence-electron chi connectivity index (χ1n) is 12.3. The third-order valence-corrected chi connectivity index (χ3v) is 7.08. The lowest BCUT2D eigenvalue weighted by atomic mass is 9.78. The monoisotopic (exact) mass is 465 g/mol. The van der Waals surface area contributed by atoms with Gasteiger partial charge in [0.05, 0.1) is 12.9 Å². The van der Waals surface area contributed by atoms with Gasteiger partial charge < -0.3 is 9.88 Å². The molecule has 0 spiro atoms. The summed E-state index contributed by atoms with van der Waals surface area (Å²) in [5.41, 5.74) is 0.644. The number of carbonyl (C=O) groups is 1. The number of nitrogens with one attached hydrogen (secondary N) is 1. The maximum absolute atomic E-state index is 13.5. The second kappa shape index (κ2) is 9.99. The number of hydrogen-bond donors (Lipinski definition) is 1. The van der Waals surface area contributed by atoms with E-state index in [0.29, 0.717) is 29.5 Å². The van der Waals surface area contributed by atoms with Crippen LogP contribution in [0.2, 0.25) is 0 Å². The average Bonchev–Trinajstić information content (AvgIpc) is 3.21. The zero-order valence-electron chi connectivity index (χ0n) is 20.5. The Kier molecular flexibility index (Phi) is 7.05. The highest BCUT2D eigenvalue weighted by Crippen LogP contribution is 2.29. The van der Waals surface area contributed by atoms with E-state index < -0.39 is 11.2 Å². The van der Waals surface area contributed by atoms with Crippen molar-refractivity contribution in [1.82, 2.24) is 24.0 Å². The second-order valence-corrected chi connectivity index (χ2v) is 10.1. The third kappa shape index (κ3) is 4.86. The van der Waals surface area contributed by atoms with Crippen molar-refractivity contribution in [3.63, 3.8) is 0 Å². The molecule has 3 aromatic rings. The first kappa shape index (κ1) is 24.0. The molecule has 1 saturated carbocycles. The number of hydrogen-bond acceptors (Lipinski definition) is 4. The lowest BCUT2D eigenvalue weighted by Crippen LogP contribution is -2.48. The molecule has 1 fully saturated rings. The van der Waals surface area contributed by atoms with Crippen LogP contribution < -0.4 is 16.6 Å². The zero-order valence-corrected chi connectivity index (χ0v) is 20.5. The lowest BCUT2D eigenvalue weighted by molar-refractivity contribution is -0.123. The normalized spacial score (nSPS) is 20.7. The topological polar surface area (TPSA) is 90.9 Å². The molecule has 2 heterocycles. The second-order valence-electron chi connectivity index (χ2n) is 10.1. The van der Waals surface area contributed by atoms with Gasteiger partial charge in [-0.2, -0.15) is 0 Å². The molecule has 34 heavy (non-hydrogen) atoms. The summed E-state index contributed by atoms with van der Waals surface area (Å²) in [5, 5.41) is 3.09. The first-order valence-corrected chi connectivity index (χ1v) is 12.3. The third-order valence-electron chi connectivity index (χ3n) is 7.08. The summed E-state index contributed by atoms with van der Waals surface area (Å²) in [7, 11) is 0. The largest absolute Gasteiger partial charge is 0.352 e. The van der Waals surface area contributed by atoms with Crippen LogP contribution in [0.1, 0.15) is 52.5 Å². The fourth-order valence-corrected chi connectivity index (χ4v) is 5.00. The Hall–Kier alpha value is -3.16. The molecule has 8 heteroatoms. The van der Waals surface area contributed by atoms with Crippen LogP contribution in [-0.4, -0.2) is 30.6 Å². The molecule has 2 aromatic heterocycles. The molecule has 1 aliphatic rings. The van der Waals surface area contributed by atoms with E-state index in [0.717, 1.165) is 29.4 Å². The number of rotatable bonds is 7. The number of amides is 1. The summed E-state index contributed by atoms with van der Waals surface area (Å²) in [4.78, 5) is 44.4. The van der Waals surface area contributed by atoms with Gasteiger partial charge >= 0.3 is 5.69 Å². The van der Waals surface area contributed by atoms with E-state index in [4.69, 9.17) is 0 Å². The summed E-state index contributed by atoms with van der Waals surface area (Å²) in [6, 6.07) is 9.65. The number of aromatic nitrogens is 4. The van der Waals surface area contributed by atoms with E-state index in [1.165, 1.54) is 4.57 Å². The SMILES string of the molecule is CC(C)Cn1cnc2c1c(=O)n(CC(=O)N[C@H]1CCC[C@H](C)[C@H]1C)c(=O)n2Cc1ccccc1. The van der Waals surface area contributed by atoms with E-state index in [1.54, 1.807) is 10.9 Å². The maximum Gasteiger partial charge on any atom is 0.333 e. The van der Waals surface area contributed by atoms with Crippen molar-refractivity contribution in [2.24, 2.45) is 17.8 Å². The van der Waals surface area contributed by atoms with Crippen LogP contribution >= 0.6 is 0 Å². The van der Waals surface area contributed by atoms with Gasteiger partial charge in [0.15, 0.2) is 11.2 Å². The van der Waals surface area contributed by atoms with Crippen LogP contribution in [0, 0.1) is 17.8 Å². The number of imidazole rings is 1. The van der Waals surface area contributed by atoms with Crippen LogP contribution in [0.5, 0.6) is 0 Å². The Morgan fingerprint density at radius 3 is 2.56 bits per heavy atom. The van der Waals surface area contributed by atoms with Crippen LogP contribution in [-0.2, 0) is 24.4 Å². The summed E-state index contributed by atoms with van der Waals surface area (Å²) in [6.07, 6.45) is 4.77. The molecular formula is C26H35N5O3. The Morgan fingerprint density at radius 2 is 1.85 bits per heavy atom. The van der Waals surface area contributed by atoms with Crippen molar-refractivity contribution < 1.29 is 4.79 Å². The average molecular weight is 466 g/mol. The molecule has 8 nitrogen and oxygen atoms in total. The number of carbonyl (C=O) groups excluding carboxylic acids is 1. The molecule has 1 amide bonds. The Labute approximate surface area is 199 Å². The molecule has 0 aliphatic heterocycles. The highest BCUT2D eigenvalue weighted by molar-refractivity contribution is 5.77. The summed E-state index contributed by atoms with van der Waals surface area (Å²) in [5.74, 6) is 0.884. The van der Waals surface area contributed by atoms with Gasteiger partial charge in [0, 0.05) is 12.6 Å². The minimum absolute atomic E-state index is 0.0636. The van der Waals surface area contributed by atoms with E-state index in [-0.39, 0.29) is 31.0 Å². The van der Waals surface area contributed by atoms with Crippen molar-refractivity contribution >= 4 is 17.1 Å². The summed E-state index contributed by atoms with van der Waals surface area (Å²) < 4.78 is 4.36. The quantitative estimate of drug-likeness (QED) is 0.581. The standard InChI is InChI=1S/C26H35N5O3/c1-17(2)13-29-16-27-24-23(29)25(33)31(26(34)30(24)14-20-10-6-5-7-11-20)15-22(32)28-21-12-8-9-18(3)19(21)4/h5-7,10-11,16-19,21H,8-9,12-15H2,1-4H3,(H,28,32)/t18-,19+,21-/m0/s1. The first-order chi connectivity index (χ1) is 16.3. The zero-order chi connectivity index (χ0) is 24.4. The van der Waals surface area contributed by atoms with Crippen molar-refractivity contribution in [2.45, 2.75) is 72.6 Å². The van der Waals surface area contributed by atoms with E-state index in [9.17, 15) is 14.4 Å². The molecule has 0 unspecified atom stereocenters. The number of fused-ring (bicyclic) bond motifs is 1. The van der Waals surface area contributed by atoms with Crippen LogP contribution in [0.4, 0.5) is 0 Å². The highest BCUT2D eigenvalue weighted by Gasteiger charge is 2.29. The summed E-state index contributed by atoms with van der Waals surface area (Å²) in [6.45, 7) is 9.05. The van der Waals surface area contributed by atoms with Crippen LogP contribution in [0.3, 0.4) is 0 Å². The van der Waals surface area contributed by atoms with Crippen molar-refractivity contribution in [3.8, 4) is 0 Å². The van der Waals surface area contributed by atoms with Crippen LogP contribution in [0.15, 0.2) is 46.2 Å². The van der Waals surface area contributed by atoms with Gasteiger partial charge in [-0.15, -0.1) is 0 Å². The van der Waals surface area contributed by atoms with Crippen molar-refractivity contribution in [2.75, 3.05) is 0 Å². The Bertz CT molecular complexity index is 1270. The molecule has 3 atom stereocenters. The molecule has 1 aliphatic carbocycles. The van der Waals surface area contributed by atoms with Crippen LogP contribution in [0.25, 0.3) is 11.2 Å². The van der Waals surface area contributed by atoms with Crippen molar-refractivity contribution in [3.05, 3.63) is 63.1 Å². The minimum Gasteiger partial charge on any atom is -0.352 e. The van der Waals surface area contributed by atoms with E-state index in [1.807, 2.05) is 30.3 Å². The minimum atomic E-state index is -0.517. The molecule has 182 valence electrons. The lowest BCUT2D eigenvalue weighted by Gasteiger charge is -2.34. The van der Waals surface area contributed by atoms with Crippen molar-refractivity contribution in [1.29, 1.82) is 0 Å². The predicted octanol–water partition coefficient (Wildman–Crippen LogP) is 3.00. The van der Waals surface area contributed by atoms with Gasteiger partial charge in [-0.05, 0) is 29.7 Å². The van der Waals surface area contributed by atoms with Gasteiger partial charge in [-0.3, -0.25) is 14.2 Å². The molecule has 0 saturated heterocycles. The van der Waals surface area contributed by atoms with Gasteiger partial charge in [-0.25, -0.2) is 14.3 Å². The smallest absolute Gasteiger partial charge is 0.333 e. The molecule has 0 bridgehead atoms. The number of benzene rings is 1. The van der Waals surface area contributed by atoms with Gasteiger partial charge in [0.1, 0.15) is 6.54 Å². The fraction of sp³-hybridized carbons (Fsp3) is 0.538. The Balaban J connectivity index is 1.73. The van der Waals surface area contributed by atoms with Gasteiger partial charge in [0.25, 0.3) is 5.56 Å². The molecule has 4 rings (SSSR count). The summed E-state index contributed by atoms with van der Waals surface area (Å²) >= 11 is 0. The maximum atomic E-state index is 13.5. The molecule has 1 N–H and O–H groups in total. The fourth-order valence-electron chi connectivity index (χ4n) is 5.00. The highest BCUT2D eigenvalue weighted by atomic mass is 16.2. The van der Waals surface area contributed by atoms with E-state index in [2.05, 4.69) is 38.0 Å². The molecule has 0 radical (unpaired) electrons. The van der Waals surface area contributed by atoms with Gasteiger partial charge in [0.2, 0.25) is 5.91 Å². The molecule has 1 aromatic carbocycles. The van der Waals surface area contributed by atoms with E-state index >= 15 is 0 Å². The van der Waals surface area contributed by atoms with Gasteiger partial charge in [-0.1, -0.05) is 70.9 Å². The predicted molar refractivity (Wildman–Crippen MR) is 133 cm³/mol.